The minimum atomic E-state index is 1.13. The Morgan fingerprint density at radius 1 is 0.290 bits per heavy atom. The molecule has 0 heteroatoms. The van der Waals surface area contributed by atoms with Gasteiger partial charge in [0.05, 0.1) is 0 Å². The van der Waals surface area contributed by atoms with Gasteiger partial charge in [-0.25, -0.2) is 0 Å². The standard InChI is InChI=1S/C31H60/c1-3-5-7-9-11-13-15-17-19-21-23-25-27-29-31-30-28-26-24-22-20-18-16-14-12-10-8-6-4-2/h11,13,17,19H,3-10,12,14-16,18,20-31H2,1-2H3/b13-11-,19-17-. The van der Waals surface area contributed by atoms with Gasteiger partial charge in [-0.2, -0.15) is 0 Å². The first-order valence-corrected chi connectivity index (χ1v) is 14.7. The maximum atomic E-state index is 2.39. The van der Waals surface area contributed by atoms with E-state index < -0.39 is 0 Å². The Bertz CT molecular complexity index is 351. The predicted molar refractivity (Wildman–Crippen MR) is 145 cm³/mol. The van der Waals surface area contributed by atoms with Crippen LogP contribution in [0.3, 0.4) is 0 Å². The molecule has 0 aliphatic rings. The van der Waals surface area contributed by atoms with Gasteiger partial charge >= 0.3 is 0 Å². The average molecular weight is 433 g/mol. The van der Waals surface area contributed by atoms with Crippen molar-refractivity contribution in [3.05, 3.63) is 24.3 Å². The summed E-state index contributed by atoms with van der Waals surface area (Å²) in [7, 11) is 0. The molecule has 0 fully saturated rings. The Kier molecular flexibility index (Phi) is 29.0. The van der Waals surface area contributed by atoms with Gasteiger partial charge in [-0.05, 0) is 32.1 Å². The molecule has 0 bridgehead atoms. The summed E-state index contributed by atoms with van der Waals surface area (Å²) in [5.41, 5.74) is 0. The molecule has 0 nitrogen and oxygen atoms in total. The lowest BCUT2D eigenvalue weighted by Crippen LogP contribution is -1.84. The smallest absolute Gasteiger partial charge is 0.0169 e. The first kappa shape index (κ1) is 30.5. The fourth-order valence-corrected chi connectivity index (χ4v) is 4.36. The summed E-state index contributed by atoms with van der Waals surface area (Å²) in [5, 5.41) is 0. The SMILES string of the molecule is CCCCC/C=C\C/C=C\CCCCCCCCCCCCCCCCCCCCC. The second-order valence-corrected chi connectivity index (χ2v) is 9.83. The Morgan fingerprint density at radius 3 is 0.903 bits per heavy atom. The molecule has 0 radical (unpaired) electrons. The van der Waals surface area contributed by atoms with Gasteiger partial charge in [-0.1, -0.05) is 167 Å². The van der Waals surface area contributed by atoms with Crippen molar-refractivity contribution >= 4 is 0 Å². The highest BCUT2D eigenvalue weighted by Gasteiger charge is 1.95. The zero-order valence-electron chi connectivity index (χ0n) is 22.0. The highest BCUT2D eigenvalue weighted by Crippen LogP contribution is 2.15. The van der Waals surface area contributed by atoms with Crippen molar-refractivity contribution in [1.82, 2.24) is 0 Å². The maximum absolute atomic E-state index is 2.39. The number of rotatable bonds is 26. The molecule has 0 N–H and O–H groups in total. The molecule has 184 valence electrons. The zero-order valence-corrected chi connectivity index (χ0v) is 22.0. The molecule has 0 aliphatic carbocycles. The summed E-state index contributed by atoms with van der Waals surface area (Å²) < 4.78 is 0. The third-order valence-corrected chi connectivity index (χ3v) is 6.55. The molecule has 0 spiro atoms. The summed E-state index contributed by atoms with van der Waals surface area (Å²) in [6.07, 6.45) is 44.9. The number of allylic oxidation sites excluding steroid dienone is 4. The lowest BCUT2D eigenvalue weighted by molar-refractivity contribution is 0.523. The van der Waals surface area contributed by atoms with Gasteiger partial charge in [-0.15, -0.1) is 0 Å². The second-order valence-electron chi connectivity index (χ2n) is 9.83. The first-order valence-electron chi connectivity index (χ1n) is 14.7. The van der Waals surface area contributed by atoms with Crippen molar-refractivity contribution in [2.24, 2.45) is 0 Å². The van der Waals surface area contributed by atoms with E-state index in [1.807, 2.05) is 0 Å². The van der Waals surface area contributed by atoms with Crippen LogP contribution in [0.1, 0.15) is 174 Å². The molecule has 0 unspecified atom stereocenters. The van der Waals surface area contributed by atoms with E-state index in [-0.39, 0.29) is 0 Å². The summed E-state index contributed by atoms with van der Waals surface area (Å²) in [6, 6.07) is 0. The normalized spacial score (nSPS) is 11.9. The van der Waals surface area contributed by atoms with Crippen molar-refractivity contribution in [2.75, 3.05) is 0 Å². The molecule has 0 aromatic heterocycles. The van der Waals surface area contributed by atoms with E-state index in [0.29, 0.717) is 0 Å². The molecule has 0 aliphatic heterocycles. The molecule has 0 saturated carbocycles. The molecule has 0 amide bonds. The minimum absolute atomic E-state index is 1.13. The molecule has 0 rings (SSSR count). The van der Waals surface area contributed by atoms with Crippen LogP contribution in [0.15, 0.2) is 24.3 Å². The van der Waals surface area contributed by atoms with Crippen LogP contribution >= 0.6 is 0 Å². The van der Waals surface area contributed by atoms with Crippen molar-refractivity contribution in [3.63, 3.8) is 0 Å². The minimum Gasteiger partial charge on any atom is -0.0882 e. The van der Waals surface area contributed by atoms with Crippen LogP contribution in [0.5, 0.6) is 0 Å². The average Bonchev–Trinajstić information content (AvgIpc) is 2.78. The maximum Gasteiger partial charge on any atom is -0.0169 e. The predicted octanol–water partition coefficient (Wildman–Crippen LogP) is 11.9. The highest BCUT2D eigenvalue weighted by atomic mass is 14.0. The van der Waals surface area contributed by atoms with Crippen molar-refractivity contribution in [3.8, 4) is 0 Å². The number of hydrogen-bond acceptors (Lipinski definition) is 0. The summed E-state index contributed by atoms with van der Waals surface area (Å²) in [6.45, 7) is 4.57. The molecule has 0 aromatic carbocycles. The van der Waals surface area contributed by atoms with E-state index in [1.165, 1.54) is 154 Å². The largest absolute Gasteiger partial charge is 0.0882 e. The lowest BCUT2D eigenvalue weighted by atomic mass is 10.0. The van der Waals surface area contributed by atoms with Gasteiger partial charge in [0.1, 0.15) is 0 Å². The summed E-state index contributed by atoms with van der Waals surface area (Å²) >= 11 is 0. The Balaban J connectivity index is 3.08. The monoisotopic (exact) mass is 432 g/mol. The van der Waals surface area contributed by atoms with E-state index in [1.54, 1.807) is 0 Å². The molecule has 0 heterocycles. The quantitative estimate of drug-likeness (QED) is 0.0941. The third kappa shape index (κ3) is 29.5. The van der Waals surface area contributed by atoms with Crippen LogP contribution in [0, 0.1) is 0 Å². The zero-order chi connectivity index (χ0) is 22.5. The van der Waals surface area contributed by atoms with Crippen LogP contribution in [0.25, 0.3) is 0 Å². The third-order valence-electron chi connectivity index (χ3n) is 6.55. The number of unbranched alkanes of at least 4 members (excludes halogenated alkanes) is 22. The van der Waals surface area contributed by atoms with Gasteiger partial charge in [0.15, 0.2) is 0 Å². The molecular weight excluding hydrogens is 372 g/mol. The summed E-state index contributed by atoms with van der Waals surface area (Å²) in [4.78, 5) is 0. The van der Waals surface area contributed by atoms with E-state index >= 15 is 0 Å². The molecule has 0 saturated heterocycles. The van der Waals surface area contributed by atoms with Gasteiger partial charge in [-0.3, -0.25) is 0 Å². The van der Waals surface area contributed by atoms with Crippen LogP contribution in [0.4, 0.5) is 0 Å². The Morgan fingerprint density at radius 2 is 0.548 bits per heavy atom. The van der Waals surface area contributed by atoms with E-state index in [2.05, 4.69) is 38.2 Å². The molecule has 31 heavy (non-hydrogen) atoms. The molecule has 0 aromatic rings. The number of hydrogen-bond donors (Lipinski definition) is 0. The lowest BCUT2D eigenvalue weighted by Gasteiger charge is -2.03. The van der Waals surface area contributed by atoms with Crippen molar-refractivity contribution < 1.29 is 0 Å². The fraction of sp³-hybridized carbons (Fsp3) is 0.871. The van der Waals surface area contributed by atoms with E-state index in [9.17, 15) is 0 Å². The first-order chi connectivity index (χ1) is 15.4. The van der Waals surface area contributed by atoms with Gasteiger partial charge in [0.25, 0.3) is 0 Å². The van der Waals surface area contributed by atoms with Crippen LogP contribution in [-0.4, -0.2) is 0 Å². The summed E-state index contributed by atoms with van der Waals surface area (Å²) in [5.74, 6) is 0. The van der Waals surface area contributed by atoms with Crippen LogP contribution in [-0.2, 0) is 0 Å². The van der Waals surface area contributed by atoms with Crippen LogP contribution in [0.2, 0.25) is 0 Å². The molecule has 0 atom stereocenters. The topological polar surface area (TPSA) is 0 Å². The van der Waals surface area contributed by atoms with Gasteiger partial charge < -0.3 is 0 Å². The van der Waals surface area contributed by atoms with Gasteiger partial charge in [0, 0.05) is 0 Å². The highest BCUT2D eigenvalue weighted by molar-refractivity contribution is 4.92. The Hall–Kier alpha value is -0.520. The second kappa shape index (κ2) is 29.5. The van der Waals surface area contributed by atoms with Crippen LogP contribution < -0.4 is 0 Å². The fourth-order valence-electron chi connectivity index (χ4n) is 4.36. The molecular formula is C31H60. The Labute approximate surface area is 198 Å². The van der Waals surface area contributed by atoms with Crippen molar-refractivity contribution in [2.45, 2.75) is 174 Å². The van der Waals surface area contributed by atoms with E-state index in [0.717, 1.165) is 6.42 Å². The van der Waals surface area contributed by atoms with Gasteiger partial charge in [0.2, 0.25) is 0 Å². The van der Waals surface area contributed by atoms with E-state index in [4.69, 9.17) is 0 Å². The van der Waals surface area contributed by atoms with Crippen molar-refractivity contribution in [1.29, 1.82) is 0 Å².